The summed E-state index contributed by atoms with van der Waals surface area (Å²) in [5.41, 5.74) is 0.972. The van der Waals surface area contributed by atoms with Gasteiger partial charge in [-0.25, -0.2) is 17.2 Å². The van der Waals surface area contributed by atoms with E-state index in [-0.39, 0.29) is 9.79 Å². The summed E-state index contributed by atoms with van der Waals surface area (Å²) < 4.78 is 54.8. The summed E-state index contributed by atoms with van der Waals surface area (Å²) in [5, 5.41) is 0.802. The number of hydrogen-bond donors (Lipinski definition) is 0. The molecule has 1 aliphatic rings. The van der Waals surface area contributed by atoms with E-state index in [2.05, 4.69) is 39.0 Å². The number of alkyl halides is 1. The van der Waals surface area contributed by atoms with Crippen LogP contribution in [0, 0.1) is 11.6 Å². The number of aromatic nitrogens is 1. The van der Waals surface area contributed by atoms with Crippen molar-refractivity contribution in [3.63, 3.8) is 0 Å². The Bertz CT molecular complexity index is 1100. The molecule has 0 N–H and O–H groups in total. The van der Waals surface area contributed by atoms with Crippen LogP contribution in [0.1, 0.15) is 25.8 Å². The van der Waals surface area contributed by atoms with Crippen molar-refractivity contribution in [3.05, 3.63) is 60.3 Å². The van der Waals surface area contributed by atoms with Crippen LogP contribution in [0.25, 0.3) is 10.9 Å². The van der Waals surface area contributed by atoms with Gasteiger partial charge in [0.1, 0.15) is 11.6 Å². The molecule has 0 atom stereocenters. The van der Waals surface area contributed by atoms with E-state index in [9.17, 15) is 17.2 Å². The van der Waals surface area contributed by atoms with Crippen LogP contribution in [0.15, 0.2) is 58.5 Å². The van der Waals surface area contributed by atoms with Gasteiger partial charge in [0.05, 0.1) is 9.79 Å². The van der Waals surface area contributed by atoms with Gasteiger partial charge in [-0.15, -0.1) is 0 Å². The predicted molar refractivity (Wildman–Crippen MR) is 124 cm³/mol. The van der Waals surface area contributed by atoms with Gasteiger partial charge in [0, 0.05) is 42.3 Å². The molecular weight excluding hydrogens is 521 g/mol. The SMILES string of the molecule is CCN1CCC(n2ccc3cc(S(=O)(=O)c4cc(F)cc(F)c4)ccc32)CC1.CI. The van der Waals surface area contributed by atoms with E-state index >= 15 is 0 Å². The number of rotatable bonds is 4. The first-order valence-electron chi connectivity index (χ1n) is 9.80. The predicted octanol–water partition coefficient (Wildman–Crippen LogP) is 5.46. The van der Waals surface area contributed by atoms with Crippen molar-refractivity contribution in [2.75, 3.05) is 24.6 Å². The second-order valence-electron chi connectivity index (χ2n) is 7.22. The molecule has 0 spiro atoms. The summed E-state index contributed by atoms with van der Waals surface area (Å²) in [6, 6.07) is 9.50. The molecule has 30 heavy (non-hydrogen) atoms. The fourth-order valence-electron chi connectivity index (χ4n) is 3.96. The molecule has 8 heteroatoms. The normalized spacial score (nSPS) is 15.8. The fraction of sp³-hybridized carbons (Fsp3) is 0.364. The highest BCUT2D eigenvalue weighted by Gasteiger charge is 2.23. The lowest BCUT2D eigenvalue weighted by atomic mass is 10.0. The van der Waals surface area contributed by atoms with Gasteiger partial charge in [-0.05, 0) is 60.7 Å². The highest BCUT2D eigenvalue weighted by Crippen LogP contribution is 2.30. The fourth-order valence-corrected chi connectivity index (χ4v) is 5.30. The number of benzene rings is 2. The average Bonchev–Trinajstić information content (AvgIpc) is 3.18. The maximum Gasteiger partial charge on any atom is 0.206 e. The van der Waals surface area contributed by atoms with E-state index in [1.807, 2.05) is 17.2 Å². The van der Waals surface area contributed by atoms with Crippen LogP contribution < -0.4 is 0 Å². The summed E-state index contributed by atoms with van der Waals surface area (Å²) in [6.45, 7) is 5.33. The first kappa shape index (κ1) is 23.1. The minimum Gasteiger partial charge on any atom is -0.344 e. The lowest BCUT2D eigenvalue weighted by Gasteiger charge is -2.32. The third-order valence-corrected chi connectivity index (χ3v) is 7.28. The smallest absolute Gasteiger partial charge is 0.206 e. The minimum atomic E-state index is -4.00. The van der Waals surface area contributed by atoms with Crippen molar-refractivity contribution < 1.29 is 17.2 Å². The molecule has 1 aromatic heterocycles. The molecular formula is C22H25F2IN2O2S. The van der Waals surface area contributed by atoms with Crippen molar-refractivity contribution in [3.8, 4) is 0 Å². The molecule has 0 bridgehead atoms. The second-order valence-corrected chi connectivity index (χ2v) is 9.17. The summed E-state index contributed by atoms with van der Waals surface area (Å²) in [6.07, 6.45) is 4.11. The van der Waals surface area contributed by atoms with Gasteiger partial charge in [-0.1, -0.05) is 29.5 Å². The lowest BCUT2D eigenvalue weighted by Crippen LogP contribution is -2.34. The van der Waals surface area contributed by atoms with Crippen molar-refractivity contribution in [1.29, 1.82) is 0 Å². The molecule has 0 saturated carbocycles. The molecule has 0 amide bonds. The number of nitrogens with zero attached hydrogens (tertiary/aromatic N) is 2. The number of hydrogen-bond acceptors (Lipinski definition) is 3. The maximum atomic E-state index is 13.5. The van der Waals surface area contributed by atoms with Crippen LogP contribution in [0.4, 0.5) is 8.78 Å². The molecule has 1 aliphatic heterocycles. The Morgan fingerprint density at radius 3 is 2.20 bits per heavy atom. The second kappa shape index (κ2) is 9.74. The Hall–Kier alpha value is -1.52. The van der Waals surface area contributed by atoms with Crippen molar-refractivity contribution in [2.24, 2.45) is 0 Å². The van der Waals surface area contributed by atoms with Crippen LogP contribution >= 0.6 is 22.6 Å². The quantitative estimate of drug-likeness (QED) is 0.323. The van der Waals surface area contributed by atoms with E-state index in [4.69, 9.17) is 0 Å². The van der Waals surface area contributed by atoms with Gasteiger partial charge >= 0.3 is 0 Å². The molecule has 0 unspecified atom stereocenters. The summed E-state index contributed by atoms with van der Waals surface area (Å²) in [7, 11) is -4.00. The number of sulfone groups is 1. The van der Waals surface area contributed by atoms with Crippen LogP contribution in [-0.2, 0) is 9.84 Å². The number of likely N-dealkylation sites (tertiary alicyclic amines) is 1. The zero-order chi connectivity index (χ0) is 21.9. The summed E-state index contributed by atoms with van der Waals surface area (Å²) in [5.74, 6) is -1.83. The highest BCUT2D eigenvalue weighted by molar-refractivity contribution is 14.1. The molecule has 4 rings (SSSR count). The zero-order valence-electron chi connectivity index (χ0n) is 17.0. The topological polar surface area (TPSA) is 42.3 Å². The van der Waals surface area contributed by atoms with Gasteiger partial charge < -0.3 is 9.47 Å². The van der Waals surface area contributed by atoms with E-state index in [0.717, 1.165) is 55.5 Å². The van der Waals surface area contributed by atoms with E-state index < -0.39 is 21.5 Å². The molecule has 162 valence electrons. The van der Waals surface area contributed by atoms with E-state index in [1.54, 1.807) is 12.1 Å². The van der Waals surface area contributed by atoms with Crippen LogP contribution in [0.3, 0.4) is 0 Å². The number of halogens is 3. The van der Waals surface area contributed by atoms with E-state index in [1.165, 1.54) is 6.07 Å². The Morgan fingerprint density at radius 2 is 1.60 bits per heavy atom. The average molecular weight is 546 g/mol. The minimum absolute atomic E-state index is 0.0311. The van der Waals surface area contributed by atoms with Crippen LogP contribution in [0.5, 0.6) is 0 Å². The van der Waals surface area contributed by atoms with Crippen LogP contribution in [-0.4, -0.2) is 42.4 Å². The molecule has 1 saturated heterocycles. The first-order chi connectivity index (χ1) is 14.4. The van der Waals surface area contributed by atoms with Crippen molar-refractivity contribution >= 4 is 43.3 Å². The van der Waals surface area contributed by atoms with Crippen molar-refractivity contribution in [1.82, 2.24) is 9.47 Å². The highest BCUT2D eigenvalue weighted by atomic mass is 127. The molecule has 1 fully saturated rings. The van der Waals surface area contributed by atoms with Gasteiger partial charge in [-0.2, -0.15) is 0 Å². The van der Waals surface area contributed by atoms with Crippen molar-refractivity contribution in [2.45, 2.75) is 35.6 Å². The van der Waals surface area contributed by atoms with Crippen LogP contribution in [0.2, 0.25) is 0 Å². The Balaban J connectivity index is 0.00000124. The maximum absolute atomic E-state index is 13.5. The standard InChI is InChI=1S/C21H22F2N2O2S.CH3I/c1-2-24-8-6-18(7-9-24)25-10-5-15-11-19(3-4-21(15)25)28(26,27)20-13-16(22)12-17(23)14-20;1-2/h3-5,10-14,18H,2,6-9H2,1H3;1H3. The molecule has 0 aliphatic carbocycles. The van der Waals surface area contributed by atoms with Gasteiger partial charge in [0.2, 0.25) is 9.84 Å². The van der Waals surface area contributed by atoms with E-state index in [0.29, 0.717) is 12.1 Å². The largest absolute Gasteiger partial charge is 0.344 e. The molecule has 3 aromatic rings. The Kier molecular flexibility index (Phi) is 7.52. The lowest BCUT2D eigenvalue weighted by molar-refractivity contribution is 0.197. The third kappa shape index (κ3) is 4.70. The van der Waals surface area contributed by atoms with Gasteiger partial charge in [0.15, 0.2) is 0 Å². The molecule has 4 nitrogen and oxygen atoms in total. The van der Waals surface area contributed by atoms with Gasteiger partial charge in [-0.3, -0.25) is 0 Å². The number of piperidine rings is 1. The molecule has 2 heterocycles. The summed E-state index contributed by atoms with van der Waals surface area (Å²) >= 11 is 2.15. The Morgan fingerprint density at radius 1 is 0.967 bits per heavy atom. The summed E-state index contributed by atoms with van der Waals surface area (Å²) in [4.78, 5) is 4.04. The third-order valence-electron chi connectivity index (χ3n) is 5.55. The Labute approximate surface area is 189 Å². The molecule has 0 radical (unpaired) electrons. The number of fused-ring (bicyclic) bond motifs is 1. The van der Waals surface area contributed by atoms with Gasteiger partial charge in [0.25, 0.3) is 0 Å². The first-order valence-corrected chi connectivity index (χ1v) is 13.4. The zero-order valence-corrected chi connectivity index (χ0v) is 20.0. The monoisotopic (exact) mass is 546 g/mol. The molecule has 2 aromatic carbocycles.